The van der Waals surface area contributed by atoms with Gasteiger partial charge in [0.15, 0.2) is 11.5 Å². The molecule has 0 saturated carbocycles. The molecule has 3 heterocycles. The van der Waals surface area contributed by atoms with Crippen LogP contribution in [-0.4, -0.2) is 38.6 Å². The molecule has 160 valence electrons. The Kier molecular flexibility index (Phi) is 5.65. The van der Waals surface area contributed by atoms with Crippen LogP contribution >= 0.6 is 22.6 Å². The van der Waals surface area contributed by atoms with E-state index in [0.29, 0.717) is 29.9 Å². The molecular formula is C21H24IN3O4S. The molecule has 2 N–H and O–H groups in total. The monoisotopic (exact) mass is 541 g/mol. The smallest absolute Gasteiger partial charge is 0.243 e. The third-order valence-electron chi connectivity index (χ3n) is 6.25. The number of nitrogens with one attached hydrogen (secondary N) is 2. The molecule has 2 saturated heterocycles. The molecule has 0 amide bonds. The highest BCUT2D eigenvalue weighted by Crippen LogP contribution is 2.37. The van der Waals surface area contributed by atoms with Crippen LogP contribution < -0.4 is 20.3 Å². The van der Waals surface area contributed by atoms with Crippen LogP contribution in [0.5, 0.6) is 11.5 Å². The molecule has 2 atom stereocenters. The third-order valence-corrected chi connectivity index (χ3v) is 8.88. The fraction of sp³-hybridized carbons (Fsp3) is 0.429. The van der Waals surface area contributed by atoms with E-state index in [4.69, 9.17) is 9.47 Å². The molecule has 2 aromatic rings. The van der Waals surface area contributed by atoms with Crippen LogP contribution in [-0.2, 0) is 10.0 Å². The average Bonchev–Trinajstić information content (AvgIpc) is 3.43. The quantitative estimate of drug-likeness (QED) is 0.580. The number of nitrogens with zero attached hydrogens (tertiary/aromatic N) is 1. The van der Waals surface area contributed by atoms with Crippen molar-refractivity contribution in [3.8, 4) is 11.5 Å². The van der Waals surface area contributed by atoms with Crippen LogP contribution in [0.15, 0.2) is 47.4 Å². The first-order valence-corrected chi connectivity index (χ1v) is 12.7. The highest BCUT2D eigenvalue weighted by Gasteiger charge is 2.36. The molecular weight excluding hydrogens is 517 g/mol. The lowest BCUT2D eigenvalue weighted by molar-refractivity contribution is 0.174. The van der Waals surface area contributed by atoms with Gasteiger partial charge in [0.1, 0.15) is 0 Å². The third kappa shape index (κ3) is 3.93. The van der Waals surface area contributed by atoms with Crippen molar-refractivity contribution in [1.82, 2.24) is 15.2 Å². The lowest BCUT2D eigenvalue weighted by Crippen LogP contribution is -2.44. The summed E-state index contributed by atoms with van der Waals surface area (Å²) in [6.45, 7) is 1.40. The zero-order valence-corrected chi connectivity index (χ0v) is 19.4. The van der Waals surface area contributed by atoms with E-state index in [1.165, 1.54) is 5.56 Å². The number of rotatable bonds is 4. The summed E-state index contributed by atoms with van der Waals surface area (Å²) >= 11 is 2.18. The van der Waals surface area contributed by atoms with Gasteiger partial charge >= 0.3 is 0 Å². The van der Waals surface area contributed by atoms with Gasteiger partial charge in [-0.15, -0.1) is 0 Å². The van der Waals surface area contributed by atoms with Gasteiger partial charge in [0.05, 0.1) is 4.90 Å². The Morgan fingerprint density at radius 1 is 0.967 bits per heavy atom. The molecule has 3 aliphatic heterocycles. The summed E-state index contributed by atoms with van der Waals surface area (Å²) in [4.78, 5) is 0.380. The number of sulfonamides is 1. The Balaban J connectivity index is 1.20. The van der Waals surface area contributed by atoms with Gasteiger partial charge in [-0.05, 0) is 89.7 Å². The highest BCUT2D eigenvalue weighted by molar-refractivity contribution is 14.1. The lowest BCUT2D eigenvalue weighted by atomic mass is 9.87. The largest absolute Gasteiger partial charge is 0.454 e. The van der Waals surface area contributed by atoms with Crippen LogP contribution in [0.2, 0.25) is 0 Å². The minimum absolute atomic E-state index is 0.207. The summed E-state index contributed by atoms with van der Waals surface area (Å²) in [5.41, 5.74) is 8.02. The molecule has 9 heteroatoms. The number of hydrogen-bond acceptors (Lipinski definition) is 6. The standard InChI is InChI=1S/C21H24IN3O4S/c22-16-2-4-17(5-3-16)30(26,27)25-9-7-14(8-10-25)18-12-19(24-23-18)15-1-6-20-21(11-15)29-13-28-20/h1-6,11,14,18-19,23-24H,7-10,12-13H2. The van der Waals surface area contributed by atoms with Crippen molar-refractivity contribution in [2.45, 2.75) is 36.2 Å². The molecule has 5 rings (SSSR count). The molecule has 3 aliphatic rings. The number of piperidine rings is 1. The van der Waals surface area contributed by atoms with Crippen LogP contribution in [0, 0.1) is 9.49 Å². The predicted molar refractivity (Wildman–Crippen MR) is 121 cm³/mol. The van der Waals surface area contributed by atoms with Gasteiger partial charge in [-0.2, -0.15) is 4.31 Å². The second-order valence-electron chi connectivity index (χ2n) is 7.99. The zero-order valence-electron chi connectivity index (χ0n) is 16.4. The minimum Gasteiger partial charge on any atom is -0.454 e. The minimum atomic E-state index is -3.42. The number of halogens is 1. The van der Waals surface area contributed by atoms with Gasteiger partial charge in [-0.1, -0.05) is 6.07 Å². The second-order valence-corrected chi connectivity index (χ2v) is 11.2. The molecule has 7 nitrogen and oxygen atoms in total. The predicted octanol–water partition coefficient (Wildman–Crippen LogP) is 3.03. The fourth-order valence-electron chi connectivity index (χ4n) is 4.51. The second kappa shape index (κ2) is 8.27. The lowest BCUT2D eigenvalue weighted by Gasteiger charge is -2.34. The van der Waals surface area contributed by atoms with Crippen LogP contribution in [0.25, 0.3) is 0 Å². The van der Waals surface area contributed by atoms with Gasteiger partial charge in [-0.3, -0.25) is 10.9 Å². The number of ether oxygens (including phenoxy) is 2. The van der Waals surface area contributed by atoms with Gasteiger partial charge in [0, 0.05) is 28.7 Å². The van der Waals surface area contributed by atoms with Crippen molar-refractivity contribution in [3.63, 3.8) is 0 Å². The van der Waals surface area contributed by atoms with E-state index in [1.807, 2.05) is 24.3 Å². The molecule has 0 aliphatic carbocycles. The number of benzene rings is 2. The summed E-state index contributed by atoms with van der Waals surface area (Å²) in [5, 5.41) is 0. The van der Waals surface area contributed by atoms with Crippen LogP contribution in [0.4, 0.5) is 0 Å². The number of fused-ring (bicyclic) bond motifs is 1. The molecule has 0 spiro atoms. The number of hydrazine groups is 1. The molecule has 2 fully saturated rings. The van der Waals surface area contributed by atoms with Crippen molar-refractivity contribution in [2.24, 2.45) is 5.92 Å². The van der Waals surface area contributed by atoms with Gasteiger partial charge in [-0.25, -0.2) is 8.42 Å². The normalized spacial score (nSPS) is 25.0. The van der Waals surface area contributed by atoms with E-state index >= 15 is 0 Å². The molecule has 30 heavy (non-hydrogen) atoms. The van der Waals surface area contributed by atoms with Crippen LogP contribution in [0.3, 0.4) is 0 Å². The SMILES string of the molecule is O=S(=O)(c1ccc(I)cc1)N1CCC(C2CC(c3ccc4c(c3)OCO4)NN2)CC1. The zero-order chi connectivity index (χ0) is 20.7. The molecule has 0 radical (unpaired) electrons. The van der Waals surface area contributed by atoms with E-state index in [-0.39, 0.29) is 12.8 Å². The van der Waals surface area contributed by atoms with E-state index in [1.54, 1.807) is 16.4 Å². The van der Waals surface area contributed by atoms with Gasteiger partial charge < -0.3 is 9.47 Å². The van der Waals surface area contributed by atoms with Crippen molar-refractivity contribution < 1.29 is 17.9 Å². The van der Waals surface area contributed by atoms with E-state index in [0.717, 1.165) is 34.3 Å². The Hall–Kier alpha value is -1.40. The molecule has 2 aromatic carbocycles. The van der Waals surface area contributed by atoms with Crippen molar-refractivity contribution in [1.29, 1.82) is 0 Å². The average molecular weight is 541 g/mol. The van der Waals surface area contributed by atoms with Crippen molar-refractivity contribution in [2.75, 3.05) is 19.9 Å². The van der Waals surface area contributed by atoms with E-state index in [2.05, 4.69) is 39.5 Å². The maximum atomic E-state index is 12.9. The van der Waals surface area contributed by atoms with Crippen molar-refractivity contribution in [3.05, 3.63) is 51.6 Å². The van der Waals surface area contributed by atoms with Crippen molar-refractivity contribution >= 4 is 32.6 Å². The Morgan fingerprint density at radius 3 is 2.47 bits per heavy atom. The maximum Gasteiger partial charge on any atom is 0.243 e. The van der Waals surface area contributed by atoms with Gasteiger partial charge in [0.2, 0.25) is 16.8 Å². The van der Waals surface area contributed by atoms with E-state index < -0.39 is 10.0 Å². The fourth-order valence-corrected chi connectivity index (χ4v) is 6.34. The summed E-state index contributed by atoms with van der Waals surface area (Å²) in [7, 11) is -3.42. The summed E-state index contributed by atoms with van der Waals surface area (Å²) < 4.78 is 39.4. The summed E-state index contributed by atoms with van der Waals surface area (Å²) in [6, 6.07) is 13.7. The number of hydrogen-bond donors (Lipinski definition) is 2. The topological polar surface area (TPSA) is 79.9 Å². The summed E-state index contributed by atoms with van der Waals surface area (Å²) in [6.07, 6.45) is 2.68. The first kappa shape index (κ1) is 20.5. The first-order chi connectivity index (χ1) is 14.5. The molecule has 0 aromatic heterocycles. The first-order valence-electron chi connectivity index (χ1n) is 10.2. The Morgan fingerprint density at radius 2 is 1.70 bits per heavy atom. The molecule has 2 unspecified atom stereocenters. The van der Waals surface area contributed by atoms with Crippen LogP contribution in [0.1, 0.15) is 30.9 Å². The molecule has 0 bridgehead atoms. The van der Waals surface area contributed by atoms with Gasteiger partial charge in [0.25, 0.3) is 0 Å². The Labute approximate surface area is 190 Å². The Bertz CT molecular complexity index is 1020. The summed E-state index contributed by atoms with van der Waals surface area (Å²) in [5.74, 6) is 2.04. The van der Waals surface area contributed by atoms with E-state index in [9.17, 15) is 8.42 Å². The highest BCUT2D eigenvalue weighted by atomic mass is 127. The maximum absolute atomic E-state index is 12.9.